The van der Waals surface area contributed by atoms with Crippen molar-refractivity contribution in [1.29, 1.82) is 0 Å². The van der Waals surface area contributed by atoms with Gasteiger partial charge in [-0.3, -0.25) is 9.10 Å². The van der Waals surface area contributed by atoms with Crippen LogP contribution >= 0.6 is 0 Å². The van der Waals surface area contributed by atoms with Crippen molar-refractivity contribution in [2.75, 3.05) is 41.4 Å². The van der Waals surface area contributed by atoms with Crippen LogP contribution < -0.4 is 14.5 Å². The van der Waals surface area contributed by atoms with E-state index in [0.717, 1.165) is 5.56 Å². The van der Waals surface area contributed by atoms with Crippen molar-refractivity contribution in [3.05, 3.63) is 47.7 Å². The Balaban J connectivity index is 1.89. The first-order valence-electron chi connectivity index (χ1n) is 7.81. The molecule has 1 aromatic heterocycles. The number of benzene rings is 1. The standard InChI is InChI=1S/C17H20N4O3S/c1-20(2)16-14(5-4-9-18-16)17(22)19-13-7-6-12-8-10-21(15(12)11-13)25(3,23)24/h4-7,9,11H,8,10H2,1-3H3,(H,19,22). The van der Waals surface area contributed by atoms with Crippen LogP contribution in [0, 0.1) is 0 Å². The van der Waals surface area contributed by atoms with Crippen molar-refractivity contribution < 1.29 is 13.2 Å². The monoisotopic (exact) mass is 360 g/mol. The normalized spacial score (nSPS) is 13.5. The summed E-state index contributed by atoms with van der Waals surface area (Å²) in [7, 11) is 0.309. The number of rotatable bonds is 4. The highest BCUT2D eigenvalue weighted by Crippen LogP contribution is 2.32. The van der Waals surface area contributed by atoms with Gasteiger partial charge in [0.2, 0.25) is 10.0 Å². The van der Waals surface area contributed by atoms with E-state index in [4.69, 9.17) is 0 Å². The Hall–Kier alpha value is -2.61. The summed E-state index contributed by atoms with van der Waals surface area (Å²) in [5.74, 6) is 0.277. The fourth-order valence-electron chi connectivity index (χ4n) is 2.90. The number of hydrogen-bond donors (Lipinski definition) is 1. The molecule has 0 atom stereocenters. The first-order chi connectivity index (χ1) is 11.8. The van der Waals surface area contributed by atoms with E-state index in [2.05, 4.69) is 10.3 Å². The zero-order valence-corrected chi connectivity index (χ0v) is 15.2. The van der Waals surface area contributed by atoms with Crippen LogP contribution in [-0.4, -0.2) is 46.2 Å². The average molecular weight is 360 g/mol. The number of anilines is 3. The van der Waals surface area contributed by atoms with E-state index in [0.29, 0.717) is 35.7 Å². The molecule has 0 unspecified atom stereocenters. The summed E-state index contributed by atoms with van der Waals surface area (Å²) < 4.78 is 25.2. The van der Waals surface area contributed by atoms with Gasteiger partial charge < -0.3 is 10.2 Å². The molecule has 0 aliphatic carbocycles. The Morgan fingerprint density at radius 1 is 1.28 bits per heavy atom. The molecule has 0 radical (unpaired) electrons. The van der Waals surface area contributed by atoms with Gasteiger partial charge in [-0.15, -0.1) is 0 Å². The van der Waals surface area contributed by atoms with E-state index < -0.39 is 10.0 Å². The van der Waals surface area contributed by atoms with Crippen LogP contribution in [0.1, 0.15) is 15.9 Å². The molecule has 1 aliphatic rings. The van der Waals surface area contributed by atoms with Gasteiger partial charge in [-0.25, -0.2) is 13.4 Å². The molecule has 0 saturated heterocycles. The maximum absolute atomic E-state index is 12.6. The minimum absolute atomic E-state index is 0.291. The van der Waals surface area contributed by atoms with Crippen molar-refractivity contribution in [2.45, 2.75) is 6.42 Å². The van der Waals surface area contributed by atoms with Crippen LogP contribution in [0.15, 0.2) is 36.5 Å². The number of sulfonamides is 1. The van der Waals surface area contributed by atoms with E-state index >= 15 is 0 Å². The quantitative estimate of drug-likeness (QED) is 0.898. The number of nitrogens with zero attached hydrogens (tertiary/aromatic N) is 3. The van der Waals surface area contributed by atoms with Gasteiger partial charge in [-0.05, 0) is 36.2 Å². The van der Waals surface area contributed by atoms with E-state index in [1.165, 1.54) is 10.6 Å². The van der Waals surface area contributed by atoms with Crippen molar-refractivity contribution in [2.24, 2.45) is 0 Å². The fraction of sp³-hybridized carbons (Fsp3) is 0.294. The van der Waals surface area contributed by atoms with Crippen LogP contribution in [0.5, 0.6) is 0 Å². The molecule has 8 heteroatoms. The number of pyridine rings is 1. The van der Waals surface area contributed by atoms with Crippen LogP contribution in [0.3, 0.4) is 0 Å². The third-order valence-corrected chi connectivity index (χ3v) is 5.23. The van der Waals surface area contributed by atoms with Crippen molar-refractivity contribution in [1.82, 2.24) is 4.98 Å². The molecular weight excluding hydrogens is 340 g/mol. The number of carbonyl (C=O) groups is 1. The van der Waals surface area contributed by atoms with Gasteiger partial charge >= 0.3 is 0 Å². The Morgan fingerprint density at radius 3 is 2.72 bits per heavy atom. The second-order valence-electron chi connectivity index (χ2n) is 6.15. The molecule has 0 bridgehead atoms. The molecule has 2 aromatic rings. The predicted molar refractivity (Wildman–Crippen MR) is 98.9 cm³/mol. The summed E-state index contributed by atoms with van der Waals surface area (Å²) in [6.45, 7) is 0.430. The average Bonchev–Trinajstić information content (AvgIpc) is 2.98. The van der Waals surface area contributed by atoms with Gasteiger partial charge in [0.25, 0.3) is 5.91 Å². The molecule has 0 saturated carbocycles. The minimum atomic E-state index is -3.33. The molecule has 1 aromatic carbocycles. The van der Waals surface area contributed by atoms with Crippen molar-refractivity contribution in [3.8, 4) is 0 Å². The third-order valence-electron chi connectivity index (χ3n) is 4.05. The highest BCUT2D eigenvalue weighted by molar-refractivity contribution is 7.92. The lowest BCUT2D eigenvalue weighted by atomic mass is 10.1. The van der Waals surface area contributed by atoms with Crippen LogP contribution in [0.25, 0.3) is 0 Å². The summed E-state index contributed by atoms with van der Waals surface area (Å²) in [5, 5.41) is 2.83. The second-order valence-corrected chi connectivity index (χ2v) is 8.06. The molecule has 1 amide bonds. The lowest BCUT2D eigenvalue weighted by Crippen LogP contribution is -2.27. The molecule has 2 heterocycles. The second kappa shape index (κ2) is 6.36. The maximum atomic E-state index is 12.6. The SMILES string of the molecule is CN(C)c1ncccc1C(=O)Nc1ccc2c(c1)N(S(C)(=O)=O)CC2. The van der Waals surface area contributed by atoms with E-state index in [9.17, 15) is 13.2 Å². The molecule has 0 fully saturated rings. The number of fused-ring (bicyclic) bond motifs is 1. The third kappa shape index (κ3) is 3.43. The molecule has 0 spiro atoms. The number of hydrogen-bond acceptors (Lipinski definition) is 5. The Morgan fingerprint density at radius 2 is 2.04 bits per heavy atom. The van der Waals surface area contributed by atoms with Gasteiger partial charge in [0.05, 0.1) is 17.5 Å². The van der Waals surface area contributed by atoms with Gasteiger partial charge in [0.1, 0.15) is 5.82 Å². The van der Waals surface area contributed by atoms with E-state index in [1.807, 2.05) is 20.2 Å². The lowest BCUT2D eigenvalue weighted by Gasteiger charge is -2.18. The first kappa shape index (κ1) is 17.2. The molecule has 1 aliphatic heterocycles. The summed E-state index contributed by atoms with van der Waals surface area (Å²) in [6.07, 6.45) is 3.49. The summed E-state index contributed by atoms with van der Waals surface area (Å²) in [5.41, 5.74) is 2.58. The summed E-state index contributed by atoms with van der Waals surface area (Å²) >= 11 is 0. The van der Waals surface area contributed by atoms with Gasteiger partial charge in [-0.2, -0.15) is 0 Å². The van der Waals surface area contributed by atoms with Crippen LogP contribution in [0.2, 0.25) is 0 Å². The highest BCUT2D eigenvalue weighted by atomic mass is 32.2. The lowest BCUT2D eigenvalue weighted by molar-refractivity contribution is 0.102. The molecule has 1 N–H and O–H groups in total. The predicted octanol–water partition coefficient (Wildman–Crippen LogP) is 1.72. The Kier molecular flexibility index (Phi) is 4.38. The molecule has 25 heavy (non-hydrogen) atoms. The molecular formula is C17H20N4O3S. The zero-order valence-electron chi connectivity index (χ0n) is 14.4. The number of amides is 1. The topological polar surface area (TPSA) is 82.6 Å². The Labute approximate surface area is 147 Å². The molecule has 7 nitrogen and oxygen atoms in total. The van der Waals surface area contributed by atoms with Gasteiger partial charge in [0.15, 0.2) is 0 Å². The number of aromatic nitrogens is 1. The molecule has 132 valence electrons. The smallest absolute Gasteiger partial charge is 0.259 e. The maximum Gasteiger partial charge on any atom is 0.259 e. The van der Waals surface area contributed by atoms with Crippen LogP contribution in [-0.2, 0) is 16.4 Å². The van der Waals surface area contributed by atoms with Crippen molar-refractivity contribution in [3.63, 3.8) is 0 Å². The zero-order chi connectivity index (χ0) is 18.2. The van der Waals surface area contributed by atoms with E-state index in [1.54, 1.807) is 35.4 Å². The first-order valence-corrected chi connectivity index (χ1v) is 9.66. The largest absolute Gasteiger partial charge is 0.362 e. The van der Waals surface area contributed by atoms with Gasteiger partial charge in [0, 0.05) is 32.5 Å². The molecule has 3 rings (SSSR count). The summed E-state index contributed by atoms with van der Waals surface area (Å²) in [4.78, 5) is 18.6. The number of nitrogens with one attached hydrogen (secondary N) is 1. The minimum Gasteiger partial charge on any atom is -0.362 e. The Bertz CT molecular complexity index is 925. The fourth-order valence-corrected chi connectivity index (χ4v) is 3.85. The summed E-state index contributed by atoms with van der Waals surface area (Å²) in [6, 6.07) is 8.75. The van der Waals surface area contributed by atoms with Gasteiger partial charge in [-0.1, -0.05) is 6.07 Å². The van der Waals surface area contributed by atoms with E-state index in [-0.39, 0.29) is 5.91 Å². The number of carbonyl (C=O) groups excluding carboxylic acids is 1. The van der Waals surface area contributed by atoms with Crippen molar-refractivity contribution >= 4 is 33.1 Å². The highest BCUT2D eigenvalue weighted by Gasteiger charge is 2.26. The van der Waals surface area contributed by atoms with Crippen LogP contribution in [0.4, 0.5) is 17.2 Å².